The van der Waals surface area contributed by atoms with E-state index in [4.69, 9.17) is 0 Å². The summed E-state index contributed by atoms with van der Waals surface area (Å²) in [4.78, 5) is 16.6. The number of benzene rings is 1. The number of rotatable bonds is 5. The number of hydrogen-bond acceptors (Lipinski definition) is 3. The number of carbonyl (C=O) groups excluding carboxylic acids is 1. The first kappa shape index (κ1) is 13.8. The second-order valence-electron chi connectivity index (χ2n) is 5.92. The molecule has 0 bridgehead atoms. The molecule has 0 aliphatic heterocycles. The SMILES string of the molecule is CC(C)C(NC(=O)c1n[nH]c(C2CC2)n1)c1ccccc1. The summed E-state index contributed by atoms with van der Waals surface area (Å²) in [5.74, 6) is 1.60. The van der Waals surface area contributed by atoms with Gasteiger partial charge < -0.3 is 5.32 Å². The highest BCUT2D eigenvalue weighted by atomic mass is 16.2. The standard InChI is InChI=1S/C16H20N4O/c1-10(2)13(11-6-4-3-5-7-11)17-16(21)15-18-14(19-20-15)12-8-9-12/h3-7,10,12-13H,8-9H2,1-2H3,(H,17,21)(H,18,19,20). The Kier molecular flexibility index (Phi) is 3.73. The number of aromatic nitrogens is 3. The molecule has 0 radical (unpaired) electrons. The third kappa shape index (κ3) is 3.12. The van der Waals surface area contributed by atoms with Crippen molar-refractivity contribution in [2.45, 2.75) is 38.6 Å². The van der Waals surface area contributed by atoms with Crippen molar-refractivity contribution in [2.75, 3.05) is 0 Å². The van der Waals surface area contributed by atoms with Crippen LogP contribution >= 0.6 is 0 Å². The average molecular weight is 284 g/mol. The molecule has 1 aromatic carbocycles. The van der Waals surface area contributed by atoms with E-state index < -0.39 is 0 Å². The molecular formula is C16H20N4O. The third-order valence-corrected chi connectivity index (χ3v) is 3.78. The zero-order chi connectivity index (χ0) is 14.8. The minimum Gasteiger partial charge on any atom is -0.342 e. The lowest BCUT2D eigenvalue weighted by Crippen LogP contribution is -2.32. The fourth-order valence-corrected chi connectivity index (χ4v) is 2.42. The van der Waals surface area contributed by atoms with Gasteiger partial charge in [0.15, 0.2) is 0 Å². The molecule has 2 N–H and O–H groups in total. The van der Waals surface area contributed by atoms with E-state index in [1.807, 2.05) is 30.3 Å². The summed E-state index contributed by atoms with van der Waals surface area (Å²) < 4.78 is 0. The summed E-state index contributed by atoms with van der Waals surface area (Å²) in [6, 6.07) is 9.95. The fourth-order valence-electron chi connectivity index (χ4n) is 2.42. The molecule has 0 spiro atoms. The van der Waals surface area contributed by atoms with E-state index in [-0.39, 0.29) is 23.7 Å². The van der Waals surface area contributed by atoms with Gasteiger partial charge in [-0.15, -0.1) is 5.10 Å². The number of nitrogens with zero attached hydrogens (tertiary/aromatic N) is 2. The predicted octanol–water partition coefficient (Wildman–Crippen LogP) is 2.81. The van der Waals surface area contributed by atoms with Crippen molar-refractivity contribution in [3.8, 4) is 0 Å². The quantitative estimate of drug-likeness (QED) is 0.887. The van der Waals surface area contributed by atoms with Crippen molar-refractivity contribution < 1.29 is 4.79 Å². The molecule has 1 heterocycles. The Bertz CT molecular complexity index is 616. The monoisotopic (exact) mass is 284 g/mol. The second-order valence-corrected chi connectivity index (χ2v) is 5.92. The van der Waals surface area contributed by atoms with Gasteiger partial charge in [0.2, 0.25) is 5.82 Å². The lowest BCUT2D eigenvalue weighted by molar-refractivity contribution is 0.0915. The molecule has 5 heteroatoms. The Morgan fingerprint density at radius 3 is 2.62 bits per heavy atom. The molecule has 5 nitrogen and oxygen atoms in total. The smallest absolute Gasteiger partial charge is 0.291 e. The van der Waals surface area contributed by atoms with Gasteiger partial charge in [-0.3, -0.25) is 9.89 Å². The predicted molar refractivity (Wildman–Crippen MR) is 79.8 cm³/mol. The van der Waals surface area contributed by atoms with E-state index in [0.717, 1.165) is 24.2 Å². The van der Waals surface area contributed by atoms with Gasteiger partial charge in [-0.05, 0) is 24.3 Å². The largest absolute Gasteiger partial charge is 0.342 e. The molecule has 1 fully saturated rings. The first-order valence-electron chi connectivity index (χ1n) is 7.43. The van der Waals surface area contributed by atoms with Crippen LogP contribution in [0, 0.1) is 5.92 Å². The molecule has 1 atom stereocenters. The van der Waals surface area contributed by atoms with Crippen LogP contribution in [0.15, 0.2) is 30.3 Å². The Balaban J connectivity index is 1.74. The van der Waals surface area contributed by atoms with Crippen molar-refractivity contribution in [1.29, 1.82) is 0 Å². The lowest BCUT2D eigenvalue weighted by Gasteiger charge is -2.22. The van der Waals surface area contributed by atoms with Crippen molar-refractivity contribution in [3.05, 3.63) is 47.5 Å². The number of hydrogen-bond donors (Lipinski definition) is 2. The van der Waals surface area contributed by atoms with Crippen LogP contribution in [0.3, 0.4) is 0 Å². The van der Waals surface area contributed by atoms with Crippen LogP contribution in [0.2, 0.25) is 0 Å². The summed E-state index contributed by atoms with van der Waals surface area (Å²) in [6.45, 7) is 4.18. The van der Waals surface area contributed by atoms with E-state index in [2.05, 4.69) is 34.3 Å². The van der Waals surface area contributed by atoms with Crippen LogP contribution in [-0.2, 0) is 0 Å². The molecule has 21 heavy (non-hydrogen) atoms. The van der Waals surface area contributed by atoms with E-state index in [1.54, 1.807) is 0 Å². The van der Waals surface area contributed by atoms with Gasteiger partial charge in [-0.25, -0.2) is 4.98 Å². The molecular weight excluding hydrogens is 264 g/mol. The van der Waals surface area contributed by atoms with Crippen LogP contribution in [-0.4, -0.2) is 21.1 Å². The molecule has 1 unspecified atom stereocenters. The number of aromatic amines is 1. The first-order valence-corrected chi connectivity index (χ1v) is 7.43. The van der Waals surface area contributed by atoms with Crippen LogP contribution in [0.1, 0.15) is 60.7 Å². The number of carbonyl (C=O) groups is 1. The van der Waals surface area contributed by atoms with Crippen LogP contribution in [0.25, 0.3) is 0 Å². The molecule has 1 saturated carbocycles. The Hall–Kier alpha value is -2.17. The normalized spacial score (nSPS) is 16.0. The van der Waals surface area contributed by atoms with Crippen LogP contribution in [0.4, 0.5) is 0 Å². The molecule has 110 valence electrons. The highest BCUT2D eigenvalue weighted by Crippen LogP contribution is 2.37. The number of nitrogens with one attached hydrogen (secondary N) is 2. The number of amides is 1. The molecule has 1 aliphatic rings. The van der Waals surface area contributed by atoms with E-state index in [9.17, 15) is 4.79 Å². The molecule has 2 aromatic rings. The van der Waals surface area contributed by atoms with E-state index >= 15 is 0 Å². The molecule has 1 aromatic heterocycles. The maximum Gasteiger partial charge on any atom is 0.291 e. The summed E-state index contributed by atoms with van der Waals surface area (Å²) in [7, 11) is 0. The first-order chi connectivity index (χ1) is 10.1. The highest BCUT2D eigenvalue weighted by molar-refractivity contribution is 5.90. The molecule has 0 saturated heterocycles. The third-order valence-electron chi connectivity index (χ3n) is 3.78. The summed E-state index contributed by atoms with van der Waals surface area (Å²) >= 11 is 0. The maximum absolute atomic E-state index is 12.3. The van der Waals surface area contributed by atoms with Gasteiger partial charge in [0.1, 0.15) is 5.82 Å². The van der Waals surface area contributed by atoms with Gasteiger partial charge in [-0.1, -0.05) is 44.2 Å². The molecule has 3 rings (SSSR count). The highest BCUT2D eigenvalue weighted by Gasteiger charge is 2.29. The van der Waals surface area contributed by atoms with Gasteiger partial charge >= 0.3 is 0 Å². The van der Waals surface area contributed by atoms with Crippen molar-refractivity contribution in [1.82, 2.24) is 20.5 Å². The van der Waals surface area contributed by atoms with Gasteiger partial charge in [0.25, 0.3) is 5.91 Å². The summed E-state index contributed by atoms with van der Waals surface area (Å²) in [5.41, 5.74) is 1.10. The topological polar surface area (TPSA) is 70.7 Å². The minimum atomic E-state index is -0.222. The van der Waals surface area contributed by atoms with Gasteiger partial charge in [-0.2, -0.15) is 0 Å². The Labute approximate surface area is 124 Å². The Morgan fingerprint density at radius 1 is 1.29 bits per heavy atom. The maximum atomic E-state index is 12.3. The average Bonchev–Trinajstić information content (AvgIpc) is 3.22. The fraction of sp³-hybridized carbons (Fsp3) is 0.438. The number of H-pyrrole nitrogens is 1. The van der Waals surface area contributed by atoms with E-state index in [0.29, 0.717) is 5.92 Å². The van der Waals surface area contributed by atoms with Crippen molar-refractivity contribution in [2.24, 2.45) is 5.92 Å². The lowest BCUT2D eigenvalue weighted by atomic mass is 9.96. The second kappa shape index (κ2) is 5.68. The van der Waals surface area contributed by atoms with Crippen LogP contribution in [0.5, 0.6) is 0 Å². The van der Waals surface area contributed by atoms with Gasteiger partial charge in [0, 0.05) is 5.92 Å². The van der Waals surface area contributed by atoms with Crippen molar-refractivity contribution >= 4 is 5.91 Å². The molecule has 1 amide bonds. The van der Waals surface area contributed by atoms with E-state index in [1.165, 1.54) is 0 Å². The van der Waals surface area contributed by atoms with Gasteiger partial charge in [0.05, 0.1) is 6.04 Å². The zero-order valence-corrected chi connectivity index (χ0v) is 12.3. The summed E-state index contributed by atoms with van der Waals surface area (Å²) in [6.07, 6.45) is 2.27. The van der Waals surface area contributed by atoms with Crippen molar-refractivity contribution in [3.63, 3.8) is 0 Å². The molecule has 1 aliphatic carbocycles. The summed E-state index contributed by atoms with van der Waals surface area (Å²) in [5, 5.41) is 9.94. The minimum absolute atomic E-state index is 0.0402. The Morgan fingerprint density at radius 2 is 2.00 bits per heavy atom. The zero-order valence-electron chi connectivity index (χ0n) is 12.3. The van der Waals surface area contributed by atoms with Crippen LogP contribution < -0.4 is 5.32 Å².